The number of hydrogen-bond acceptors (Lipinski definition) is 6. The maximum atomic E-state index is 13.5. The predicted octanol–water partition coefficient (Wildman–Crippen LogP) is 6.54. The first kappa shape index (κ1) is 32.0. The van der Waals surface area contributed by atoms with E-state index in [2.05, 4.69) is 73.8 Å². The first-order valence-corrected chi connectivity index (χ1v) is 16.4. The average Bonchev–Trinajstić information content (AvgIpc) is 3.88. The lowest BCUT2D eigenvalue weighted by Gasteiger charge is -2.30. The quantitative estimate of drug-likeness (QED) is 0.162. The fourth-order valence-electron chi connectivity index (χ4n) is 6.96. The molecule has 2 aromatic carbocycles. The highest BCUT2D eigenvalue weighted by Gasteiger charge is 2.37. The van der Waals surface area contributed by atoms with Crippen LogP contribution in [0.5, 0.6) is 0 Å². The van der Waals surface area contributed by atoms with E-state index < -0.39 is 18.1 Å². The molecule has 11 nitrogen and oxygen atoms in total. The largest absolute Gasteiger partial charge is 0.481 e. The molecule has 0 spiro atoms. The first-order valence-electron chi connectivity index (χ1n) is 16.4. The summed E-state index contributed by atoms with van der Waals surface area (Å²) in [5.74, 6) is 0.0577. The lowest BCUT2D eigenvalue weighted by Crippen LogP contribution is -2.51. The molecule has 1 saturated heterocycles. The third-order valence-corrected chi connectivity index (χ3v) is 9.59. The molecule has 6 rings (SSSR count). The Morgan fingerprint density at radius 2 is 1.38 bits per heavy atom. The molecular formula is C36H42N6O5. The second-order valence-corrected chi connectivity index (χ2v) is 12.9. The maximum absolute atomic E-state index is 13.5. The summed E-state index contributed by atoms with van der Waals surface area (Å²) in [5, 5.41) is 12.4. The Hall–Kier alpha value is -4.93. The van der Waals surface area contributed by atoms with Crippen molar-refractivity contribution in [1.82, 2.24) is 30.2 Å². The third-order valence-electron chi connectivity index (χ3n) is 9.59. The number of nitrogens with one attached hydrogen (secondary N) is 3. The van der Waals surface area contributed by atoms with Gasteiger partial charge in [-0.3, -0.25) is 9.59 Å². The van der Waals surface area contributed by atoms with Gasteiger partial charge in [0, 0.05) is 12.5 Å². The minimum Gasteiger partial charge on any atom is -0.481 e. The topological polar surface area (TPSA) is 153 Å². The summed E-state index contributed by atoms with van der Waals surface area (Å²) in [5.41, 5.74) is 5.88. The number of methoxy groups -OCH3 is 1. The monoisotopic (exact) mass is 638 g/mol. The normalized spacial score (nSPS) is 20.3. The van der Waals surface area contributed by atoms with E-state index in [1.54, 1.807) is 12.4 Å². The fourth-order valence-corrected chi connectivity index (χ4v) is 6.96. The molecule has 1 saturated carbocycles. The second kappa shape index (κ2) is 13.8. The molecule has 47 heavy (non-hydrogen) atoms. The number of nitrogens with zero attached hydrogens (tertiary/aromatic N) is 3. The van der Waals surface area contributed by atoms with Crippen LogP contribution in [0, 0.1) is 11.8 Å². The Bertz CT molecular complexity index is 1710. The van der Waals surface area contributed by atoms with E-state index in [4.69, 9.17) is 4.74 Å². The van der Waals surface area contributed by atoms with E-state index in [9.17, 15) is 19.5 Å². The van der Waals surface area contributed by atoms with Gasteiger partial charge in [-0.1, -0.05) is 75.2 Å². The number of rotatable bonds is 9. The number of carboxylic acids is 1. The fraction of sp³-hybridized carbons (Fsp3) is 0.417. The van der Waals surface area contributed by atoms with Crippen LogP contribution in [0.3, 0.4) is 0 Å². The van der Waals surface area contributed by atoms with E-state index in [0.717, 1.165) is 77.4 Å². The summed E-state index contributed by atoms with van der Waals surface area (Å²) in [4.78, 5) is 55.0. The van der Waals surface area contributed by atoms with E-state index in [-0.39, 0.29) is 29.7 Å². The van der Waals surface area contributed by atoms with Crippen molar-refractivity contribution >= 4 is 18.0 Å². The van der Waals surface area contributed by atoms with Crippen LogP contribution in [0.15, 0.2) is 60.9 Å². The highest BCUT2D eigenvalue weighted by atomic mass is 16.5. The molecule has 0 unspecified atom stereocenters. The van der Waals surface area contributed by atoms with Gasteiger partial charge in [0.25, 0.3) is 0 Å². The number of carboxylic acid groups (broad SMARTS) is 1. The van der Waals surface area contributed by atoms with E-state index >= 15 is 0 Å². The smallest absolute Gasteiger partial charge is 0.407 e. The molecule has 1 aliphatic heterocycles. The first-order chi connectivity index (χ1) is 22.7. The molecule has 1 aliphatic carbocycles. The Balaban J connectivity index is 1.12. The summed E-state index contributed by atoms with van der Waals surface area (Å²) < 4.78 is 4.74. The van der Waals surface area contributed by atoms with Crippen LogP contribution in [0.4, 0.5) is 4.79 Å². The lowest BCUT2D eigenvalue weighted by molar-refractivity contribution is -0.143. The molecule has 0 bridgehead atoms. The number of aliphatic carboxylic acids is 1. The molecule has 2 fully saturated rings. The molecule has 2 amide bonds. The van der Waals surface area contributed by atoms with E-state index in [1.165, 1.54) is 7.11 Å². The lowest BCUT2D eigenvalue weighted by atomic mass is 9.79. The number of carbonyl (C=O) groups excluding carboxylic acids is 2. The van der Waals surface area contributed by atoms with Crippen molar-refractivity contribution in [1.29, 1.82) is 0 Å². The average molecular weight is 639 g/mol. The van der Waals surface area contributed by atoms with Crippen molar-refractivity contribution in [3.05, 3.63) is 72.6 Å². The van der Waals surface area contributed by atoms with Crippen LogP contribution in [0.1, 0.15) is 76.0 Å². The van der Waals surface area contributed by atoms with Crippen molar-refractivity contribution in [3.8, 4) is 33.6 Å². The molecular weight excluding hydrogens is 596 g/mol. The number of H-pyrrole nitrogens is 2. The minimum atomic E-state index is -0.741. The summed E-state index contributed by atoms with van der Waals surface area (Å²) in [6.07, 6.45) is 8.14. The van der Waals surface area contributed by atoms with Crippen molar-refractivity contribution in [2.45, 2.75) is 70.4 Å². The number of amides is 2. The van der Waals surface area contributed by atoms with Crippen molar-refractivity contribution < 1.29 is 24.2 Å². The van der Waals surface area contributed by atoms with Crippen molar-refractivity contribution in [2.75, 3.05) is 13.7 Å². The molecule has 11 heteroatoms. The zero-order valence-corrected chi connectivity index (χ0v) is 27.0. The molecule has 0 radical (unpaired) electrons. The summed E-state index contributed by atoms with van der Waals surface area (Å²) >= 11 is 0. The van der Waals surface area contributed by atoms with Crippen LogP contribution in [-0.4, -0.2) is 67.6 Å². The number of alkyl carbamates (subject to hydrolysis) is 1. The molecule has 4 atom stereocenters. The third kappa shape index (κ3) is 6.79. The van der Waals surface area contributed by atoms with Gasteiger partial charge in [-0.2, -0.15) is 0 Å². The predicted molar refractivity (Wildman–Crippen MR) is 177 cm³/mol. The van der Waals surface area contributed by atoms with Gasteiger partial charge in [0.1, 0.15) is 17.7 Å². The number of benzene rings is 2. The molecule has 2 aliphatic rings. The van der Waals surface area contributed by atoms with Crippen LogP contribution in [0.25, 0.3) is 33.6 Å². The van der Waals surface area contributed by atoms with Crippen LogP contribution >= 0.6 is 0 Å². The van der Waals surface area contributed by atoms with E-state index in [0.29, 0.717) is 13.0 Å². The molecule has 3 heterocycles. The van der Waals surface area contributed by atoms with Gasteiger partial charge < -0.3 is 30.0 Å². The highest BCUT2D eigenvalue weighted by molar-refractivity contribution is 5.86. The van der Waals surface area contributed by atoms with Gasteiger partial charge in [0.15, 0.2) is 0 Å². The van der Waals surface area contributed by atoms with Crippen LogP contribution < -0.4 is 5.32 Å². The van der Waals surface area contributed by atoms with Crippen molar-refractivity contribution in [2.24, 2.45) is 11.8 Å². The van der Waals surface area contributed by atoms with E-state index in [1.807, 2.05) is 18.7 Å². The molecule has 246 valence electrons. The Kier molecular flexibility index (Phi) is 9.42. The summed E-state index contributed by atoms with van der Waals surface area (Å²) in [7, 11) is 1.29. The summed E-state index contributed by atoms with van der Waals surface area (Å²) in [6.45, 7) is 4.41. The standard InChI is InChI=1S/C36H42N6O5/c1-21(2)31(41-36(46)47-3)34(43)42-18-6-9-30(42)33-38-20-29(40-33)25-16-12-23(13-17-25)22-10-14-24(15-11-22)28-19-37-32(39-28)26-7-4-5-8-27(26)35(44)45/h10-17,19-21,26-27,30-31H,4-9,18H2,1-3H3,(H,37,39)(H,38,40)(H,41,46)(H,44,45)/t26-,27-,30-,31-/m0/s1. The zero-order chi connectivity index (χ0) is 33.1. The van der Waals surface area contributed by atoms with Gasteiger partial charge in [0.2, 0.25) is 5.91 Å². The molecule has 2 aromatic heterocycles. The number of carbonyl (C=O) groups is 3. The van der Waals surface area contributed by atoms with Gasteiger partial charge >= 0.3 is 12.1 Å². The number of likely N-dealkylation sites (tertiary alicyclic amines) is 1. The highest BCUT2D eigenvalue weighted by Crippen LogP contribution is 2.38. The van der Waals surface area contributed by atoms with Crippen molar-refractivity contribution in [3.63, 3.8) is 0 Å². The maximum Gasteiger partial charge on any atom is 0.407 e. The van der Waals surface area contributed by atoms with Gasteiger partial charge in [-0.15, -0.1) is 0 Å². The van der Waals surface area contributed by atoms with Crippen LogP contribution in [0.2, 0.25) is 0 Å². The van der Waals surface area contributed by atoms with Gasteiger partial charge in [-0.05, 0) is 53.9 Å². The molecule has 4 aromatic rings. The second-order valence-electron chi connectivity index (χ2n) is 12.9. The Morgan fingerprint density at radius 3 is 1.96 bits per heavy atom. The number of ether oxygens (including phenoxy) is 1. The SMILES string of the molecule is COC(=O)N[C@H](C(=O)N1CCC[C@H]1c1ncc(-c2ccc(-c3ccc(-c4cnc([C@H]5CCCC[C@@H]5C(=O)O)[nH]4)cc3)cc2)[nH]1)C(C)C. The number of imidazole rings is 2. The number of hydrogen-bond donors (Lipinski definition) is 4. The van der Waals surface area contributed by atoms with Crippen LogP contribution in [-0.2, 0) is 14.3 Å². The van der Waals surface area contributed by atoms with Gasteiger partial charge in [0.05, 0.1) is 42.9 Å². The zero-order valence-electron chi connectivity index (χ0n) is 27.0. The molecule has 4 N–H and O–H groups in total. The number of aromatic nitrogens is 4. The minimum absolute atomic E-state index is 0.0779. The summed E-state index contributed by atoms with van der Waals surface area (Å²) in [6, 6.07) is 15.6. The Labute approximate surface area is 274 Å². The van der Waals surface area contributed by atoms with Gasteiger partial charge in [-0.25, -0.2) is 14.8 Å². The Morgan fingerprint density at radius 1 is 0.830 bits per heavy atom. The number of aromatic amines is 2.